The molecule has 1 aliphatic heterocycles. The molecule has 1 aromatic rings. The number of esters is 3. The highest BCUT2D eigenvalue weighted by Gasteiger charge is 2.48. The molecule has 4 atom stereocenters. The molecule has 28 heavy (non-hydrogen) atoms. The Bertz CT molecular complexity index is 758. The van der Waals surface area contributed by atoms with E-state index in [1.807, 2.05) is 0 Å². The molecule has 0 unspecified atom stereocenters. The van der Waals surface area contributed by atoms with Crippen molar-refractivity contribution in [1.29, 1.82) is 0 Å². The number of nitrogen functional groups attached to an aromatic ring is 1. The van der Waals surface area contributed by atoms with Crippen molar-refractivity contribution in [2.24, 2.45) is 0 Å². The average molecular weight is 418 g/mol. The number of ether oxygens (including phenoxy) is 4. The lowest BCUT2D eigenvalue weighted by molar-refractivity contribution is -0.155. The van der Waals surface area contributed by atoms with Gasteiger partial charge in [0.1, 0.15) is 29.5 Å². The molecular weight excluding hydrogens is 394 g/mol. The van der Waals surface area contributed by atoms with Crippen LogP contribution in [0, 0.1) is 0 Å². The molecule has 0 radical (unpaired) electrons. The van der Waals surface area contributed by atoms with Crippen molar-refractivity contribution in [3.8, 4) is 0 Å². The van der Waals surface area contributed by atoms with E-state index in [4.69, 9.17) is 36.3 Å². The lowest BCUT2D eigenvalue weighted by Gasteiger charge is -2.20. The highest BCUT2D eigenvalue weighted by Crippen LogP contribution is 2.37. The van der Waals surface area contributed by atoms with Gasteiger partial charge >= 0.3 is 17.9 Å². The van der Waals surface area contributed by atoms with Crippen LogP contribution in [0.2, 0.25) is 0 Å². The molecule has 156 valence electrons. The van der Waals surface area contributed by atoms with E-state index >= 15 is 0 Å². The Morgan fingerprint density at radius 1 is 1.29 bits per heavy atom. The Labute approximate surface area is 167 Å². The third-order valence-electron chi connectivity index (χ3n) is 3.72. The van der Waals surface area contributed by atoms with Gasteiger partial charge in [-0.25, -0.2) is 9.78 Å². The van der Waals surface area contributed by atoms with Gasteiger partial charge in [0.25, 0.3) is 0 Å². The van der Waals surface area contributed by atoms with Crippen LogP contribution in [0.1, 0.15) is 51.3 Å². The molecule has 1 fully saturated rings. The van der Waals surface area contributed by atoms with Crippen molar-refractivity contribution in [3.63, 3.8) is 0 Å². The summed E-state index contributed by atoms with van der Waals surface area (Å²) in [5, 5.41) is -0.868. The first-order valence-corrected chi connectivity index (χ1v) is 9.00. The topological polar surface area (TPSA) is 132 Å². The number of aromatic nitrogens is 2. The van der Waals surface area contributed by atoms with Crippen LogP contribution < -0.4 is 5.73 Å². The summed E-state index contributed by atoms with van der Waals surface area (Å²) in [6, 6.07) is 0. The number of hydrogen-bond acceptors (Lipinski definition) is 9. The number of rotatable bonds is 5. The first-order valence-electron chi connectivity index (χ1n) is 8.56. The molecule has 0 aliphatic carbocycles. The summed E-state index contributed by atoms with van der Waals surface area (Å²) in [6.45, 7) is 7.46. The first kappa shape index (κ1) is 22.0. The summed E-state index contributed by atoms with van der Waals surface area (Å²) in [4.78, 5) is 38.8. The summed E-state index contributed by atoms with van der Waals surface area (Å²) in [6.07, 6.45) is -1.33. The number of carbonyl (C=O) groups is 3. The maximum Gasteiger partial charge on any atom is 0.361 e. The molecule has 10 nitrogen and oxygen atoms in total. The Morgan fingerprint density at radius 3 is 2.46 bits per heavy atom. The molecule has 0 bridgehead atoms. The summed E-state index contributed by atoms with van der Waals surface area (Å²) in [7, 11) is 0. The second kappa shape index (κ2) is 8.36. The number of alkyl halides is 1. The fraction of sp³-hybridized carbons (Fsp3) is 0.647. The molecule has 2 N–H and O–H groups in total. The fourth-order valence-electron chi connectivity index (χ4n) is 2.64. The molecule has 0 amide bonds. The van der Waals surface area contributed by atoms with Gasteiger partial charge in [-0.3, -0.25) is 14.2 Å². The summed E-state index contributed by atoms with van der Waals surface area (Å²) in [5.74, 6) is -1.80. The number of halogens is 1. The maximum atomic E-state index is 12.3. The maximum absolute atomic E-state index is 12.3. The van der Waals surface area contributed by atoms with E-state index < -0.39 is 47.3 Å². The van der Waals surface area contributed by atoms with E-state index in [0.29, 0.717) is 0 Å². The zero-order valence-corrected chi connectivity index (χ0v) is 17.1. The van der Waals surface area contributed by atoms with Crippen molar-refractivity contribution in [1.82, 2.24) is 9.55 Å². The zero-order valence-electron chi connectivity index (χ0n) is 16.3. The van der Waals surface area contributed by atoms with Crippen molar-refractivity contribution in [3.05, 3.63) is 12.0 Å². The van der Waals surface area contributed by atoms with Crippen molar-refractivity contribution < 1.29 is 33.3 Å². The quantitative estimate of drug-likeness (QED) is 0.429. The third kappa shape index (κ3) is 5.14. The lowest BCUT2D eigenvalue weighted by Crippen LogP contribution is -2.35. The number of anilines is 1. The second-order valence-electron chi connectivity index (χ2n) is 7.27. The Balaban J connectivity index is 2.25. The number of nitrogens with zero attached hydrogens (tertiary/aromatic N) is 2. The van der Waals surface area contributed by atoms with Gasteiger partial charge in [-0.05, 0) is 20.8 Å². The standard InChI is InChI=1S/C17H24ClN3O7/c1-8(22)25-6-10-13(26-9(2)23)11(18)15(27-10)21-7-20-12(14(21)19)16(24)28-17(3,4)5/h7,10-11,13,15H,6,19H2,1-5H3/t10-,11+,13-,15-/m1/s1. The van der Waals surface area contributed by atoms with Gasteiger partial charge in [0.15, 0.2) is 18.0 Å². The molecule has 1 aromatic heterocycles. The number of nitrogens with two attached hydrogens (primary N) is 1. The molecule has 0 spiro atoms. The predicted octanol–water partition coefficient (Wildman–Crippen LogP) is 1.42. The van der Waals surface area contributed by atoms with Crippen LogP contribution in [0.15, 0.2) is 6.33 Å². The highest BCUT2D eigenvalue weighted by atomic mass is 35.5. The van der Waals surface area contributed by atoms with Crippen molar-refractivity contribution in [2.45, 2.75) is 64.0 Å². The molecule has 0 saturated carbocycles. The minimum absolute atomic E-state index is 0.0142. The SMILES string of the molecule is CC(=O)OC[C@H]1O[C@@H](n2cnc(C(=O)OC(C)(C)C)c2N)[C@@H](Cl)[C@@H]1OC(C)=O. The predicted molar refractivity (Wildman–Crippen MR) is 97.5 cm³/mol. The van der Waals surface area contributed by atoms with Gasteiger partial charge in [0.05, 0.1) is 6.33 Å². The number of imidazole rings is 1. The molecule has 11 heteroatoms. The van der Waals surface area contributed by atoms with E-state index in [1.165, 1.54) is 24.7 Å². The highest BCUT2D eigenvalue weighted by molar-refractivity contribution is 6.21. The normalized spacial score (nSPS) is 24.6. The Kier molecular flexibility index (Phi) is 6.56. The summed E-state index contributed by atoms with van der Waals surface area (Å²) in [5.41, 5.74) is 5.24. The molecule has 1 aliphatic rings. The van der Waals surface area contributed by atoms with Crippen LogP contribution in [-0.4, -0.2) is 57.3 Å². The summed E-state index contributed by atoms with van der Waals surface area (Å²) >= 11 is 6.44. The van der Waals surface area contributed by atoms with Gasteiger partial charge in [-0.1, -0.05) is 0 Å². The van der Waals surface area contributed by atoms with E-state index in [-0.39, 0.29) is 18.1 Å². The van der Waals surface area contributed by atoms with Gasteiger partial charge in [-0.15, -0.1) is 11.6 Å². The van der Waals surface area contributed by atoms with Crippen LogP contribution in [0.4, 0.5) is 5.82 Å². The molecule has 0 aromatic carbocycles. The van der Waals surface area contributed by atoms with E-state index in [0.717, 1.165) is 0 Å². The Morgan fingerprint density at radius 2 is 1.93 bits per heavy atom. The molecule has 2 rings (SSSR count). The average Bonchev–Trinajstić information content (AvgIpc) is 3.05. The van der Waals surface area contributed by atoms with Crippen LogP contribution in [0.25, 0.3) is 0 Å². The Hall–Kier alpha value is -2.33. The van der Waals surface area contributed by atoms with Crippen LogP contribution >= 0.6 is 11.6 Å². The first-order chi connectivity index (χ1) is 12.9. The zero-order chi connectivity index (χ0) is 21.2. The van der Waals surface area contributed by atoms with E-state index in [2.05, 4.69) is 4.98 Å². The van der Waals surface area contributed by atoms with E-state index in [1.54, 1.807) is 20.8 Å². The smallest absolute Gasteiger partial charge is 0.361 e. The van der Waals surface area contributed by atoms with Gasteiger partial charge in [0.2, 0.25) is 0 Å². The van der Waals surface area contributed by atoms with Gasteiger partial charge in [0, 0.05) is 13.8 Å². The fourth-order valence-corrected chi connectivity index (χ4v) is 3.04. The third-order valence-corrected chi connectivity index (χ3v) is 4.18. The van der Waals surface area contributed by atoms with Crippen LogP contribution in [0.3, 0.4) is 0 Å². The lowest BCUT2D eigenvalue weighted by atomic mass is 10.1. The number of carbonyl (C=O) groups excluding carboxylic acids is 3. The summed E-state index contributed by atoms with van der Waals surface area (Å²) < 4.78 is 22.6. The largest absolute Gasteiger partial charge is 0.463 e. The minimum Gasteiger partial charge on any atom is -0.463 e. The van der Waals surface area contributed by atoms with E-state index in [9.17, 15) is 14.4 Å². The molecule has 1 saturated heterocycles. The van der Waals surface area contributed by atoms with Gasteiger partial charge < -0.3 is 24.7 Å². The molecule has 2 heterocycles. The van der Waals surface area contributed by atoms with Crippen molar-refractivity contribution >= 4 is 35.3 Å². The monoisotopic (exact) mass is 417 g/mol. The number of hydrogen-bond donors (Lipinski definition) is 1. The van der Waals surface area contributed by atoms with Gasteiger partial charge in [-0.2, -0.15) is 0 Å². The van der Waals surface area contributed by atoms with Crippen molar-refractivity contribution in [2.75, 3.05) is 12.3 Å². The van der Waals surface area contributed by atoms with Crippen LogP contribution in [0.5, 0.6) is 0 Å². The second-order valence-corrected chi connectivity index (χ2v) is 7.78. The minimum atomic E-state index is -0.907. The molecular formula is C17H24ClN3O7. The van der Waals surface area contributed by atoms with Crippen LogP contribution in [-0.2, 0) is 28.5 Å².